The molecule has 0 aromatic heterocycles. The molecular formula is C12H23NO3. The Balaban J connectivity index is 2.34. The third-order valence-corrected chi connectivity index (χ3v) is 3.34. The van der Waals surface area contributed by atoms with Gasteiger partial charge in [0.15, 0.2) is 0 Å². The third-order valence-electron chi connectivity index (χ3n) is 3.34. The fourth-order valence-corrected chi connectivity index (χ4v) is 2.18. The second kappa shape index (κ2) is 6.21. The van der Waals surface area contributed by atoms with Crippen molar-refractivity contribution >= 4 is 5.97 Å². The van der Waals surface area contributed by atoms with E-state index in [9.17, 15) is 9.90 Å². The molecule has 1 fully saturated rings. The molecule has 16 heavy (non-hydrogen) atoms. The van der Waals surface area contributed by atoms with Crippen LogP contribution in [-0.2, 0) is 9.53 Å². The smallest absolute Gasteiger partial charge is 0.309 e. The van der Waals surface area contributed by atoms with Crippen molar-refractivity contribution in [3.63, 3.8) is 0 Å². The minimum atomic E-state index is -0.166. The Morgan fingerprint density at radius 1 is 1.50 bits per heavy atom. The van der Waals surface area contributed by atoms with Crippen molar-refractivity contribution in [1.29, 1.82) is 0 Å². The van der Waals surface area contributed by atoms with E-state index in [1.54, 1.807) is 0 Å². The highest BCUT2D eigenvalue weighted by atomic mass is 16.5. The number of hydrogen-bond donors (Lipinski definition) is 2. The predicted molar refractivity (Wildman–Crippen MR) is 62.1 cm³/mol. The molecule has 4 heteroatoms. The first-order valence-electron chi connectivity index (χ1n) is 6.16. The van der Waals surface area contributed by atoms with Crippen LogP contribution in [0.4, 0.5) is 0 Å². The number of carbonyl (C=O) groups excluding carboxylic acids is 1. The summed E-state index contributed by atoms with van der Waals surface area (Å²) in [5, 5.41) is 12.7. The lowest BCUT2D eigenvalue weighted by molar-refractivity contribution is -0.147. The second-order valence-electron chi connectivity index (χ2n) is 4.68. The number of esters is 1. The van der Waals surface area contributed by atoms with Crippen LogP contribution in [0.1, 0.15) is 39.5 Å². The van der Waals surface area contributed by atoms with Gasteiger partial charge in [-0.25, -0.2) is 0 Å². The van der Waals surface area contributed by atoms with E-state index in [-0.39, 0.29) is 24.0 Å². The number of hydrogen-bond acceptors (Lipinski definition) is 4. The summed E-state index contributed by atoms with van der Waals surface area (Å²) in [6.45, 7) is 4.82. The number of ether oxygens (including phenoxy) is 1. The first-order chi connectivity index (χ1) is 7.63. The minimum absolute atomic E-state index is 0.149. The van der Waals surface area contributed by atoms with E-state index in [2.05, 4.69) is 5.32 Å². The molecule has 0 radical (unpaired) electrons. The predicted octanol–water partition coefficient (Wildman–Crippen LogP) is 1.08. The first kappa shape index (κ1) is 13.5. The van der Waals surface area contributed by atoms with Crippen LogP contribution < -0.4 is 5.32 Å². The molecule has 0 aliphatic heterocycles. The number of nitrogens with one attached hydrogen (secondary N) is 1. The minimum Gasteiger partial charge on any atom is -0.466 e. The SMILES string of the molecule is CCOC(=O)C(C)CNC1(CO)CCCC1. The fraction of sp³-hybridized carbons (Fsp3) is 0.917. The summed E-state index contributed by atoms with van der Waals surface area (Å²) in [4.78, 5) is 11.4. The Morgan fingerprint density at radius 2 is 2.12 bits per heavy atom. The highest BCUT2D eigenvalue weighted by molar-refractivity contribution is 5.72. The Morgan fingerprint density at radius 3 is 2.62 bits per heavy atom. The molecule has 0 amide bonds. The summed E-state index contributed by atoms with van der Waals surface area (Å²) in [6, 6.07) is 0. The molecule has 1 atom stereocenters. The van der Waals surface area contributed by atoms with E-state index in [0.717, 1.165) is 25.7 Å². The molecular weight excluding hydrogens is 206 g/mol. The van der Waals surface area contributed by atoms with Crippen molar-refractivity contribution in [2.45, 2.75) is 45.1 Å². The summed E-state index contributed by atoms with van der Waals surface area (Å²) in [5.74, 6) is -0.315. The zero-order chi connectivity index (χ0) is 12.0. The van der Waals surface area contributed by atoms with Gasteiger partial charge in [0.25, 0.3) is 0 Å². The average molecular weight is 229 g/mol. The highest BCUT2D eigenvalue weighted by Crippen LogP contribution is 2.29. The van der Waals surface area contributed by atoms with E-state index in [1.165, 1.54) is 0 Å². The molecule has 1 unspecified atom stereocenters. The van der Waals surface area contributed by atoms with Crippen molar-refractivity contribution in [2.24, 2.45) is 5.92 Å². The fourth-order valence-electron chi connectivity index (χ4n) is 2.18. The van der Waals surface area contributed by atoms with Gasteiger partial charge in [-0.1, -0.05) is 19.8 Å². The van der Waals surface area contributed by atoms with Crippen LogP contribution in [-0.4, -0.2) is 36.4 Å². The second-order valence-corrected chi connectivity index (χ2v) is 4.68. The van der Waals surface area contributed by atoms with Crippen LogP contribution >= 0.6 is 0 Å². The quantitative estimate of drug-likeness (QED) is 0.669. The van der Waals surface area contributed by atoms with Crippen LogP contribution in [0, 0.1) is 5.92 Å². The van der Waals surface area contributed by atoms with Crippen LogP contribution in [0.15, 0.2) is 0 Å². The summed E-state index contributed by atoms with van der Waals surface area (Å²) in [7, 11) is 0. The normalized spacial score (nSPS) is 20.7. The van der Waals surface area contributed by atoms with Gasteiger partial charge in [-0.05, 0) is 19.8 Å². The lowest BCUT2D eigenvalue weighted by Crippen LogP contribution is -2.48. The van der Waals surface area contributed by atoms with Gasteiger partial charge in [-0.15, -0.1) is 0 Å². The Labute approximate surface area is 97.4 Å². The zero-order valence-corrected chi connectivity index (χ0v) is 10.3. The van der Waals surface area contributed by atoms with Crippen LogP contribution in [0.5, 0.6) is 0 Å². The zero-order valence-electron chi connectivity index (χ0n) is 10.3. The highest BCUT2D eigenvalue weighted by Gasteiger charge is 2.33. The van der Waals surface area contributed by atoms with E-state index in [1.807, 2.05) is 13.8 Å². The third kappa shape index (κ3) is 3.46. The standard InChI is InChI=1S/C12H23NO3/c1-3-16-11(15)10(2)8-13-12(9-14)6-4-5-7-12/h10,13-14H,3-9H2,1-2H3. The Hall–Kier alpha value is -0.610. The molecule has 1 aliphatic carbocycles. The summed E-state index contributed by atoms with van der Waals surface area (Å²) in [6.07, 6.45) is 4.31. The van der Waals surface area contributed by atoms with Crippen molar-refractivity contribution < 1.29 is 14.6 Å². The van der Waals surface area contributed by atoms with E-state index < -0.39 is 0 Å². The van der Waals surface area contributed by atoms with Crippen molar-refractivity contribution in [1.82, 2.24) is 5.32 Å². The van der Waals surface area contributed by atoms with Crippen LogP contribution in [0.3, 0.4) is 0 Å². The van der Waals surface area contributed by atoms with Crippen LogP contribution in [0.25, 0.3) is 0 Å². The monoisotopic (exact) mass is 229 g/mol. The molecule has 0 saturated heterocycles. The van der Waals surface area contributed by atoms with Crippen molar-refractivity contribution in [3.8, 4) is 0 Å². The van der Waals surface area contributed by atoms with Crippen molar-refractivity contribution in [2.75, 3.05) is 19.8 Å². The molecule has 4 nitrogen and oxygen atoms in total. The largest absolute Gasteiger partial charge is 0.466 e. The van der Waals surface area contributed by atoms with E-state index in [0.29, 0.717) is 13.2 Å². The van der Waals surface area contributed by atoms with Gasteiger partial charge in [0.2, 0.25) is 0 Å². The maximum absolute atomic E-state index is 11.4. The summed E-state index contributed by atoms with van der Waals surface area (Å²) in [5.41, 5.74) is -0.152. The maximum atomic E-state index is 11.4. The van der Waals surface area contributed by atoms with Gasteiger partial charge in [-0.2, -0.15) is 0 Å². The lowest BCUT2D eigenvalue weighted by atomic mass is 9.98. The molecule has 94 valence electrons. The van der Waals surface area contributed by atoms with E-state index in [4.69, 9.17) is 4.74 Å². The van der Waals surface area contributed by atoms with Gasteiger partial charge < -0.3 is 15.2 Å². The number of aliphatic hydroxyl groups excluding tert-OH is 1. The molecule has 1 saturated carbocycles. The molecule has 0 heterocycles. The molecule has 2 N–H and O–H groups in total. The maximum Gasteiger partial charge on any atom is 0.309 e. The van der Waals surface area contributed by atoms with Gasteiger partial charge in [0.1, 0.15) is 0 Å². The lowest BCUT2D eigenvalue weighted by Gasteiger charge is -2.29. The van der Waals surface area contributed by atoms with Gasteiger partial charge >= 0.3 is 5.97 Å². The summed E-state index contributed by atoms with van der Waals surface area (Å²) < 4.78 is 4.94. The van der Waals surface area contributed by atoms with Crippen LogP contribution in [0.2, 0.25) is 0 Å². The van der Waals surface area contributed by atoms with Gasteiger partial charge in [0, 0.05) is 12.1 Å². The molecule has 0 aromatic carbocycles. The van der Waals surface area contributed by atoms with Gasteiger partial charge in [-0.3, -0.25) is 4.79 Å². The molecule has 0 spiro atoms. The molecule has 0 bridgehead atoms. The molecule has 1 rings (SSSR count). The van der Waals surface area contributed by atoms with E-state index >= 15 is 0 Å². The summed E-state index contributed by atoms with van der Waals surface area (Å²) >= 11 is 0. The topological polar surface area (TPSA) is 58.6 Å². The average Bonchev–Trinajstić information content (AvgIpc) is 2.75. The van der Waals surface area contributed by atoms with Gasteiger partial charge in [0.05, 0.1) is 19.1 Å². The van der Waals surface area contributed by atoms with Crippen molar-refractivity contribution in [3.05, 3.63) is 0 Å². The Bertz CT molecular complexity index is 224. The molecule has 0 aromatic rings. The number of aliphatic hydroxyl groups is 1. The first-order valence-corrected chi connectivity index (χ1v) is 6.16. The molecule has 1 aliphatic rings. The Kier molecular flexibility index (Phi) is 5.22. The number of rotatable bonds is 6. The number of carbonyl (C=O) groups is 1.